The minimum atomic E-state index is -0.835. The lowest BCUT2D eigenvalue weighted by atomic mass is 9.84. The van der Waals surface area contributed by atoms with E-state index in [-0.39, 0.29) is 17.0 Å². The summed E-state index contributed by atoms with van der Waals surface area (Å²) in [5.41, 5.74) is 7.46. The molecule has 9 nitrogen and oxygen atoms in total. The number of methoxy groups -OCH3 is 4. The van der Waals surface area contributed by atoms with Gasteiger partial charge in [0.2, 0.25) is 0 Å². The molecule has 38 heavy (non-hydrogen) atoms. The summed E-state index contributed by atoms with van der Waals surface area (Å²) < 4.78 is 24.6. The average Bonchev–Trinajstić information content (AvgIpc) is 3.24. The minimum absolute atomic E-state index is 0.0412. The van der Waals surface area contributed by atoms with Crippen molar-refractivity contribution in [3.63, 3.8) is 0 Å². The number of ether oxygens (including phenoxy) is 4. The molecule has 2 aromatic carbocycles. The first-order valence-corrected chi connectivity index (χ1v) is 13.3. The predicted molar refractivity (Wildman–Crippen MR) is 151 cm³/mol. The van der Waals surface area contributed by atoms with Gasteiger partial charge in [-0.25, -0.2) is 0 Å². The lowest BCUT2D eigenvalue weighted by Crippen LogP contribution is -2.38. The summed E-state index contributed by atoms with van der Waals surface area (Å²) in [7, 11) is 6.05. The van der Waals surface area contributed by atoms with E-state index in [0.29, 0.717) is 52.3 Å². The van der Waals surface area contributed by atoms with Gasteiger partial charge in [-0.2, -0.15) is 10.5 Å². The van der Waals surface area contributed by atoms with Crippen LogP contribution in [0.2, 0.25) is 0 Å². The third-order valence-electron chi connectivity index (χ3n) is 5.99. The highest BCUT2D eigenvalue weighted by molar-refractivity contribution is 9.10. The highest BCUT2D eigenvalue weighted by Gasteiger charge is 2.34. The first-order valence-electron chi connectivity index (χ1n) is 10.8. The molecule has 1 aliphatic rings. The fraction of sp³-hybridized carbons (Fsp3) is 0.192. The van der Waals surface area contributed by atoms with Gasteiger partial charge in [0, 0.05) is 8.95 Å². The normalized spacial score (nSPS) is 15.0. The zero-order valence-corrected chi connectivity index (χ0v) is 24.6. The molecule has 2 N–H and O–H groups in total. The van der Waals surface area contributed by atoms with Crippen LogP contribution in [0, 0.1) is 22.7 Å². The number of halogens is 2. The van der Waals surface area contributed by atoms with Crippen LogP contribution < -0.4 is 39.4 Å². The summed E-state index contributed by atoms with van der Waals surface area (Å²) in [4.78, 5) is 13.5. The molecule has 0 radical (unpaired) electrons. The summed E-state index contributed by atoms with van der Waals surface area (Å²) in [6.07, 6.45) is 1.67. The Morgan fingerprint density at radius 2 is 1.42 bits per heavy atom. The molecule has 3 aromatic rings. The predicted octanol–water partition coefficient (Wildman–Crippen LogP) is 3.42. The van der Waals surface area contributed by atoms with Crippen molar-refractivity contribution < 1.29 is 18.9 Å². The highest BCUT2D eigenvalue weighted by atomic mass is 79.9. The molecule has 0 spiro atoms. The van der Waals surface area contributed by atoms with Gasteiger partial charge in [0.1, 0.15) is 10.5 Å². The summed E-state index contributed by atoms with van der Waals surface area (Å²) in [6.45, 7) is 0. The number of aromatic nitrogens is 1. The fourth-order valence-corrected chi connectivity index (χ4v) is 6.28. The first-order chi connectivity index (χ1) is 18.2. The summed E-state index contributed by atoms with van der Waals surface area (Å²) in [5.74, 6) is 1.02. The maximum atomic E-state index is 13.5. The van der Waals surface area contributed by atoms with Gasteiger partial charge in [-0.3, -0.25) is 9.36 Å². The van der Waals surface area contributed by atoms with Gasteiger partial charge in [0.15, 0.2) is 23.0 Å². The zero-order valence-electron chi connectivity index (χ0n) is 20.6. The molecular formula is C26H20Br2N4O5S. The molecular weight excluding hydrogens is 640 g/mol. The number of nitrogens with zero attached hydrogens (tertiary/aromatic N) is 3. The first kappa shape index (κ1) is 27.3. The van der Waals surface area contributed by atoms with Crippen molar-refractivity contribution in [2.45, 2.75) is 5.92 Å². The van der Waals surface area contributed by atoms with Gasteiger partial charge in [-0.1, -0.05) is 31.9 Å². The molecule has 0 aliphatic carbocycles. The lowest BCUT2D eigenvalue weighted by Gasteiger charge is -2.24. The van der Waals surface area contributed by atoms with Crippen molar-refractivity contribution >= 4 is 60.7 Å². The van der Waals surface area contributed by atoms with Crippen LogP contribution in [-0.2, 0) is 0 Å². The molecule has 2 heterocycles. The molecule has 0 unspecified atom stereocenters. The molecule has 194 valence electrons. The van der Waals surface area contributed by atoms with Gasteiger partial charge in [0.05, 0.1) is 62.2 Å². The third kappa shape index (κ3) is 4.45. The third-order valence-corrected chi connectivity index (χ3v) is 8.47. The maximum absolute atomic E-state index is 13.5. The summed E-state index contributed by atoms with van der Waals surface area (Å²) in [6, 6.07) is 11.2. The van der Waals surface area contributed by atoms with Crippen LogP contribution in [0.1, 0.15) is 17.0 Å². The monoisotopic (exact) mass is 658 g/mol. The van der Waals surface area contributed by atoms with Crippen molar-refractivity contribution in [2.75, 3.05) is 28.4 Å². The van der Waals surface area contributed by atoms with Crippen molar-refractivity contribution in [1.29, 1.82) is 10.5 Å². The van der Waals surface area contributed by atoms with Gasteiger partial charge in [-0.15, -0.1) is 11.3 Å². The molecule has 0 bridgehead atoms. The van der Waals surface area contributed by atoms with Crippen molar-refractivity contribution in [2.24, 2.45) is 5.73 Å². The average molecular weight is 660 g/mol. The SMILES string of the molecule is COc1cc(Br)c(/C=c2/sc3n(c2=O)C(N)=C(C#N)[C@@H](c2cc(OC)c(OC)cc2Br)C=3C#N)cc1OC. The molecule has 4 rings (SSSR count). The Kier molecular flexibility index (Phi) is 7.88. The molecule has 0 amide bonds. The largest absolute Gasteiger partial charge is 0.493 e. The Labute approximate surface area is 238 Å². The van der Waals surface area contributed by atoms with E-state index in [9.17, 15) is 15.3 Å². The zero-order chi connectivity index (χ0) is 27.7. The number of nitrogens with two attached hydrogens (primary N) is 1. The molecule has 1 aliphatic heterocycles. The Balaban J connectivity index is 2.05. The molecule has 0 saturated heterocycles. The van der Waals surface area contributed by atoms with Gasteiger partial charge in [0.25, 0.3) is 5.56 Å². The lowest BCUT2D eigenvalue weighted by molar-refractivity contribution is 0.354. The van der Waals surface area contributed by atoms with Gasteiger partial charge >= 0.3 is 0 Å². The second kappa shape index (κ2) is 11.0. The number of allylic oxidation sites excluding steroid dienone is 1. The van der Waals surface area contributed by atoms with E-state index in [1.54, 1.807) is 30.3 Å². The molecule has 12 heteroatoms. The molecule has 1 aromatic heterocycles. The molecule has 1 atom stereocenters. The minimum Gasteiger partial charge on any atom is -0.493 e. The topological polar surface area (TPSA) is 133 Å². The van der Waals surface area contributed by atoms with Crippen molar-refractivity contribution in [3.8, 4) is 35.1 Å². The van der Waals surface area contributed by atoms with E-state index in [1.807, 2.05) is 0 Å². The fourth-order valence-electron chi connectivity index (χ4n) is 4.18. The highest BCUT2D eigenvalue weighted by Crippen LogP contribution is 2.43. The number of fused-ring (bicyclic) bond motifs is 1. The van der Waals surface area contributed by atoms with Crippen molar-refractivity contribution in [1.82, 2.24) is 4.57 Å². The summed E-state index contributed by atoms with van der Waals surface area (Å²) >= 11 is 8.14. The van der Waals surface area contributed by atoms with Crippen molar-refractivity contribution in [3.05, 3.63) is 69.5 Å². The van der Waals surface area contributed by atoms with Crippen LogP contribution in [0.3, 0.4) is 0 Å². The molecule has 0 saturated carbocycles. The number of thiazole rings is 1. The Bertz CT molecular complexity index is 1760. The van der Waals surface area contributed by atoms with E-state index in [1.165, 1.54) is 33.0 Å². The second-order valence-corrected chi connectivity index (χ2v) is 10.6. The smallest absolute Gasteiger partial charge is 0.274 e. The number of nitriles is 2. The Morgan fingerprint density at radius 3 is 1.97 bits per heavy atom. The van der Waals surface area contributed by atoms with E-state index in [2.05, 4.69) is 44.0 Å². The quantitative estimate of drug-likeness (QED) is 0.426. The summed E-state index contributed by atoms with van der Waals surface area (Å²) in [5, 5.41) is 20.4. The maximum Gasteiger partial charge on any atom is 0.274 e. The standard InChI is InChI=1S/C26H20Br2N4O5S/c1-34-18-5-12(16(27)8-20(18)36-3)6-22-25(33)32-24(31)14(10-29)23(15(11-30)26(32)38-22)13-7-19(35-2)21(37-4)9-17(13)28/h5-9,23H,31H2,1-4H3/b22-6+/t23-/m1/s1. The van der Waals surface area contributed by atoms with Crippen LogP contribution in [0.25, 0.3) is 17.5 Å². The number of rotatable bonds is 6. The van der Waals surface area contributed by atoms with Crippen LogP contribution >= 0.6 is 43.2 Å². The van der Waals surface area contributed by atoms with Gasteiger partial charge < -0.3 is 24.7 Å². The van der Waals surface area contributed by atoms with E-state index in [4.69, 9.17) is 24.7 Å². The van der Waals surface area contributed by atoms with Crippen LogP contribution in [0.15, 0.2) is 43.6 Å². The number of hydrogen-bond donors (Lipinski definition) is 1. The van der Waals surface area contributed by atoms with Crippen LogP contribution in [0.5, 0.6) is 23.0 Å². The van der Waals surface area contributed by atoms with Gasteiger partial charge in [-0.05, 0) is 41.5 Å². The van der Waals surface area contributed by atoms with E-state index < -0.39 is 11.5 Å². The van der Waals surface area contributed by atoms with E-state index >= 15 is 0 Å². The van der Waals surface area contributed by atoms with E-state index in [0.717, 1.165) is 11.3 Å². The Morgan fingerprint density at radius 1 is 0.895 bits per heavy atom. The van der Waals surface area contributed by atoms with Crippen LogP contribution in [0.4, 0.5) is 0 Å². The van der Waals surface area contributed by atoms with Crippen LogP contribution in [-0.4, -0.2) is 33.0 Å². The second-order valence-electron chi connectivity index (χ2n) is 7.88. The number of benzene rings is 2. The molecule has 0 fully saturated rings. The Hall–Kier alpha value is -3.71. The number of hydrogen-bond acceptors (Lipinski definition) is 9.